The minimum Gasteiger partial charge on any atom is -0.381 e. The lowest BCUT2D eigenvalue weighted by molar-refractivity contribution is -0.131. The molecule has 2 heteroatoms. The Labute approximate surface area is 86.0 Å². The first-order valence-electron chi connectivity index (χ1n) is 5.88. The van der Waals surface area contributed by atoms with Gasteiger partial charge in [-0.3, -0.25) is 4.79 Å². The van der Waals surface area contributed by atoms with Crippen LogP contribution in [0.15, 0.2) is 0 Å². The van der Waals surface area contributed by atoms with Gasteiger partial charge in [0, 0.05) is 19.4 Å². The monoisotopic (exact) mass is 196 g/mol. The van der Waals surface area contributed by atoms with Crippen LogP contribution in [0.2, 0.25) is 0 Å². The van der Waals surface area contributed by atoms with Crippen LogP contribution in [0.5, 0.6) is 0 Å². The maximum atomic E-state index is 11.9. The third kappa shape index (κ3) is 1.85. The van der Waals surface area contributed by atoms with Crippen LogP contribution in [0.25, 0.3) is 0 Å². The number of rotatable bonds is 1. The Hall–Kier alpha value is -0.370. The van der Waals surface area contributed by atoms with Gasteiger partial charge < -0.3 is 4.74 Å². The van der Waals surface area contributed by atoms with E-state index in [0.717, 1.165) is 19.3 Å². The smallest absolute Gasteiger partial charge is 0.138 e. The van der Waals surface area contributed by atoms with Crippen LogP contribution >= 0.6 is 0 Å². The van der Waals surface area contributed by atoms with Gasteiger partial charge in [0.2, 0.25) is 0 Å². The van der Waals surface area contributed by atoms with Crippen LogP contribution < -0.4 is 0 Å². The van der Waals surface area contributed by atoms with Gasteiger partial charge in [-0.25, -0.2) is 0 Å². The van der Waals surface area contributed by atoms with Crippen molar-refractivity contribution >= 4 is 5.78 Å². The van der Waals surface area contributed by atoms with Crippen LogP contribution in [-0.4, -0.2) is 19.0 Å². The van der Waals surface area contributed by atoms with Crippen LogP contribution in [0, 0.1) is 11.8 Å². The Morgan fingerprint density at radius 1 is 1.14 bits per heavy atom. The predicted octanol–water partition coefficient (Wildman–Crippen LogP) is 2.56. The van der Waals surface area contributed by atoms with Crippen molar-refractivity contribution in [3.05, 3.63) is 0 Å². The zero-order valence-corrected chi connectivity index (χ0v) is 9.00. The highest BCUT2D eigenvalue weighted by Crippen LogP contribution is 2.38. The molecule has 2 nitrogen and oxygen atoms in total. The largest absolute Gasteiger partial charge is 0.381 e. The minimum atomic E-state index is 0.222. The lowest BCUT2D eigenvalue weighted by atomic mass is 9.74. The van der Waals surface area contributed by atoms with Crippen molar-refractivity contribution in [1.29, 1.82) is 0 Å². The maximum Gasteiger partial charge on any atom is 0.138 e. The Kier molecular flexibility index (Phi) is 3.22. The summed E-state index contributed by atoms with van der Waals surface area (Å²) >= 11 is 0. The SMILES string of the molecule is CO[C@H]1CCC[C@@H]2CCCCC(=O)[C@@H]21. The van der Waals surface area contributed by atoms with Crippen LogP contribution in [0.1, 0.15) is 44.9 Å². The number of fused-ring (bicyclic) bond motifs is 1. The Morgan fingerprint density at radius 2 is 1.93 bits per heavy atom. The lowest BCUT2D eigenvalue weighted by Gasteiger charge is -2.35. The highest BCUT2D eigenvalue weighted by molar-refractivity contribution is 5.82. The summed E-state index contributed by atoms with van der Waals surface area (Å²) in [6.07, 6.45) is 8.18. The van der Waals surface area contributed by atoms with E-state index in [0.29, 0.717) is 11.7 Å². The Bertz CT molecular complexity index is 212. The number of ketones is 1. The molecule has 0 aromatic rings. The van der Waals surface area contributed by atoms with Crippen molar-refractivity contribution in [2.45, 2.75) is 51.0 Å². The van der Waals surface area contributed by atoms with Crippen molar-refractivity contribution in [2.24, 2.45) is 11.8 Å². The minimum absolute atomic E-state index is 0.222. The molecule has 2 aliphatic rings. The molecule has 0 aliphatic heterocycles. The topological polar surface area (TPSA) is 26.3 Å². The fourth-order valence-corrected chi connectivity index (χ4v) is 3.17. The van der Waals surface area contributed by atoms with Gasteiger partial charge in [-0.1, -0.05) is 12.8 Å². The van der Waals surface area contributed by atoms with E-state index in [2.05, 4.69) is 0 Å². The van der Waals surface area contributed by atoms with E-state index in [-0.39, 0.29) is 12.0 Å². The van der Waals surface area contributed by atoms with Gasteiger partial charge in [-0.2, -0.15) is 0 Å². The van der Waals surface area contributed by atoms with Gasteiger partial charge in [0.25, 0.3) is 0 Å². The summed E-state index contributed by atoms with van der Waals surface area (Å²) in [5.41, 5.74) is 0. The summed E-state index contributed by atoms with van der Waals surface area (Å²) in [6, 6.07) is 0. The van der Waals surface area contributed by atoms with Gasteiger partial charge in [0.1, 0.15) is 5.78 Å². The summed E-state index contributed by atoms with van der Waals surface area (Å²) in [5, 5.41) is 0. The molecule has 3 atom stereocenters. The second-order valence-electron chi connectivity index (χ2n) is 4.70. The summed E-state index contributed by atoms with van der Waals surface area (Å²) in [7, 11) is 1.76. The number of hydrogen-bond acceptors (Lipinski definition) is 2. The van der Waals surface area contributed by atoms with Crippen molar-refractivity contribution in [1.82, 2.24) is 0 Å². The predicted molar refractivity (Wildman–Crippen MR) is 55.1 cm³/mol. The van der Waals surface area contributed by atoms with Crippen molar-refractivity contribution in [2.75, 3.05) is 7.11 Å². The molecule has 0 aromatic heterocycles. The molecule has 2 fully saturated rings. The van der Waals surface area contributed by atoms with Crippen LogP contribution in [0.3, 0.4) is 0 Å². The third-order valence-corrected chi connectivity index (χ3v) is 3.89. The summed E-state index contributed by atoms with van der Waals surface area (Å²) in [4.78, 5) is 11.9. The number of carbonyl (C=O) groups is 1. The molecule has 0 radical (unpaired) electrons. The first kappa shape index (κ1) is 10.2. The zero-order valence-electron chi connectivity index (χ0n) is 9.00. The van der Waals surface area contributed by atoms with E-state index >= 15 is 0 Å². The van der Waals surface area contributed by atoms with Crippen molar-refractivity contribution in [3.8, 4) is 0 Å². The fraction of sp³-hybridized carbons (Fsp3) is 0.917. The van der Waals surface area contributed by atoms with Crippen LogP contribution in [-0.2, 0) is 9.53 Å². The molecule has 0 amide bonds. The molecule has 0 spiro atoms. The lowest BCUT2D eigenvalue weighted by Crippen LogP contribution is -2.38. The normalized spacial score (nSPS) is 38.9. The number of carbonyl (C=O) groups excluding carboxylic acids is 1. The van der Waals surface area contributed by atoms with E-state index in [4.69, 9.17) is 4.74 Å². The molecular formula is C12H20O2. The zero-order chi connectivity index (χ0) is 9.97. The standard InChI is InChI=1S/C12H20O2/c1-14-11-8-4-6-9-5-2-3-7-10(13)12(9)11/h9,11-12H,2-8H2,1H3/t9-,11-,12+/m0/s1. The molecule has 0 unspecified atom stereocenters. The van der Waals surface area contributed by atoms with Gasteiger partial charge in [-0.05, 0) is 31.6 Å². The molecule has 0 N–H and O–H groups in total. The number of hydrogen-bond donors (Lipinski definition) is 0. The van der Waals surface area contributed by atoms with E-state index in [1.54, 1.807) is 7.11 Å². The molecule has 2 saturated carbocycles. The summed E-state index contributed by atoms with van der Waals surface area (Å²) in [5.74, 6) is 1.33. The highest BCUT2D eigenvalue weighted by atomic mass is 16.5. The molecular weight excluding hydrogens is 176 g/mol. The summed E-state index contributed by atoms with van der Waals surface area (Å²) < 4.78 is 5.47. The fourth-order valence-electron chi connectivity index (χ4n) is 3.17. The Morgan fingerprint density at radius 3 is 2.71 bits per heavy atom. The van der Waals surface area contributed by atoms with Gasteiger partial charge in [-0.15, -0.1) is 0 Å². The molecule has 0 saturated heterocycles. The summed E-state index contributed by atoms with van der Waals surface area (Å²) in [6.45, 7) is 0. The molecule has 2 aliphatic carbocycles. The van der Waals surface area contributed by atoms with Gasteiger partial charge >= 0.3 is 0 Å². The first-order valence-corrected chi connectivity index (χ1v) is 5.88. The Balaban J connectivity index is 2.13. The average molecular weight is 196 g/mol. The number of Topliss-reactive ketones (excluding diaryl/α,β-unsaturated/α-hetero) is 1. The maximum absolute atomic E-state index is 11.9. The molecule has 2 rings (SSSR count). The van der Waals surface area contributed by atoms with E-state index in [1.807, 2.05) is 0 Å². The molecule has 0 bridgehead atoms. The van der Waals surface area contributed by atoms with E-state index in [1.165, 1.54) is 25.7 Å². The van der Waals surface area contributed by atoms with Crippen LogP contribution in [0.4, 0.5) is 0 Å². The first-order chi connectivity index (χ1) is 6.83. The molecule has 80 valence electrons. The number of methoxy groups -OCH3 is 1. The van der Waals surface area contributed by atoms with Crippen molar-refractivity contribution < 1.29 is 9.53 Å². The molecule has 0 heterocycles. The highest BCUT2D eigenvalue weighted by Gasteiger charge is 2.38. The number of ether oxygens (including phenoxy) is 1. The van der Waals surface area contributed by atoms with Gasteiger partial charge in [0.15, 0.2) is 0 Å². The average Bonchev–Trinajstić information content (AvgIpc) is 2.40. The quantitative estimate of drug-likeness (QED) is 0.644. The molecule has 0 aromatic carbocycles. The third-order valence-electron chi connectivity index (χ3n) is 3.89. The molecule has 14 heavy (non-hydrogen) atoms. The van der Waals surface area contributed by atoms with Crippen molar-refractivity contribution in [3.63, 3.8) is 0 Å². The van der Waals surface area contributed by atoms with E-state index < -0.39 is 0 Å². The second-order valence-corrected chi connectivity index (χ2v) is 4.70. The second kappa shape index (κ2) is 4.43. The van der Waals surface area contributed by atoms with E-state index in [9.17, 15) is 4.79 Å². The van der Waals surface area contributed by atoms with Gasteiger partial charge in [0.05, 0.1) is 6.10 Å².